The largest absolute Gasteiger partial charge is 0.478 e. The zero-order valence-corrected chi connectivity index (χ0v) is 25.7. The van der Waals surface area contributed by atoms with E-state index < -0.39 is 46.8 Å². The van der Waals surface area contributed by atoms with Crippen molar-refractivity contribution in [1.82, 2.24) is 0 Å². The smallest absolute Gasteiger partial charge is 0.342 e. The Bertz CT molecular complexity index is 1670. The molecule has 0 spiro atoms. The predicted molar refractivity (Wildman–Crippen MR) is 165 cm³/mol. The molecule has 3 aliphatic rings. The fourth-order valence-electron chi connectivity index (χ4n) is 7.68. The van der Waals surface area contributed by atoms with Crippen LogP contribution in [0.5, 0.6) is 0 Å². The molecule has 10 heteroatoms. The quantitative estimate of drug-likeness (QED) is 0.141. The van der Waals surface area contributed by atoms with Gasteiger partial charge in [-0.15, -0.1) is 0 Å². The Morgan fingerprint density at radius 1 is 0.935 bits per heavy atom. The van der Waals surface area contributed by atoms with Crippen LogP contribution in [-0.2, 0) is 19.0 Å². The minimum Gasteiger partial charge on any atom is -0.478 e. The third kappa shape index (κ3) is 5.99. The van der Waals surface area contributed by atoms with E-state index in [1.54, 1.807) is 18.2 Å². The summed E-state index contributed by atoms with van der Waals surface area (Å²) in [5.74, 6) is -4.78. The summed E-state index contributed by atoms with van der Waals surface area (Å²) >= 11 is 0. The molecule has 2 aromatic carbocycles. The molecule has 5 atom stereocenters. The van der Waals surface area contributed by atoms with E-state index in [0.717, 1.165) is 5.57 Å². The van der Waals surface area contributed by atoms with Crippen molar-refractivity contribution in [3.63, 3.8) is 0 Å². The summed E-state index contributed by atoms with van der Waals surface area (Å²) in [6, 6.07) is 11.6. The summed E-state index contributed by atoms with van der Waals surface area (Å²) < 4.78 is 16.9. The molecular formula is C36H36O10. The number of allylic oxidation sites excluding steroid dienone is 2. The number of hydrogen-bond acceptors (Lipinski definition) is 8. The number of carbonyl (C=O) groups excluding carboxylic acids is 3. The first-order chi connectivity index (χ1) is 21.9. The summed E-state index contributed by atoms with van der Waals surface area (Å²) in [6.45, 7) is 8.23. The molecule has 2 aliphatic carbocycles. The SMILES string of the molecule is C=C1CC[C@@H]2[C@](C)(COC(=O)c3ccccc3C(=O)O)[C@H](OC(=O)c3ccccc3C(=O)O)CC[C@@]2(C)[C@@H]1C/C=C1\C=COC1=O. The van der Waals surface area contributed by atoms with Crippen molar-refractivity contribution in [1.29, 1.82) is 0 Å². The average Bonchev–Trinajstić information content (AvgIpc) is 3.45. The van der Waals surface area contributed by atoms with Crippen LogP contribution in [0.15, 0.2) is 84.7 Å². The number of benzene rings is 2. The van der Waals surface area contributed by atoms with Gasteiger partial charge >= 0.3 is 29.8 Å². The standard InChI is InChI=1S/C36H36O10/c1-21-12-15-28-35(2,27(21)14-13-22-17-19-44-32(22)41)18-16-29(46-34(43)26-11-7-5-9-24(26)31(39)40)36(28,3)20-45-33(42)25-10-6-4-8-23(25)30(37)38/h4-11,13,17,19,27-29H,1,12,14-16,18,20H2,2-3H3,(H,37,38)(H,39,40)/b22-13+/t27-,28+,29-,35+,36+/m1/s1. The lowest BCUT2D eigenvalue weighted by Gasteiger charge is -2.60. The van der Waals surface area contributed by atoms with Crippen LogP contribution in [0.2, 0.25) is 0 Å². The van der Waals surface area contributed by atoms with Gasteiger partial charge < -0.3 is 24.4 Å². The normalized spacial score (nSPS) is 27.9. The maximum absolute atomic E-state index is 13.5. The van der Waals surface area contributed by atoms with E-state index in [1.165, 1.54) is 42.7 Å². The van der Waals surface area contributed by atoms with E-state index in [-0.39, 0.29) is 40.7 Å². The first-order valence-corrected chi connectivity index (χ1v) is 15.1. The number of aromatic carboxylic acids is 2. The van der Waals surface area contributed by atoms with E-state index in [2.05, 4.69) is 13.5 Å². The lowest BCUT2D eigenvalue weighted by atomic mass is 9.46. The molecule has 0 aromatic heterocycles. The van der Waals surface area contributed by atoms with Crippen LogP contribution >= 0.6 is 0 Å². The van der Waals surface area contributed by atoms with Crippen LogP contribution in [-0.4, -0.2) is 52.8 Å². The van der Waals surface area contributed by atoms with Crippen LogP contribution in [0.3, 0.4) is 0 Å². The fraction of sp³-hybridized carbons (Fsp3) is 0.361. The topological polar surface area (TPSA) is 154 Å². The van der Waals surface area contributed by atoms with Crippen molar-refractivity contribution in [2.24, 2.45) is 22.7 Å². The van der Waals surface area contributed by atoms with Crippen LogP contribution in [0.4, 0.5) is 0 Å². The molecule has 0 saturated heterocycles. The van der Waals surface area contributed by atoms with Crippen molar-refractivity contribution in [2.75, 3.05) is 6.61 Å². The Labute approximate surface area is 266 Å². The summed E-state index contributed by atoms with van der Waals surface area (Å²) in [4.78, 5) is 62.6. The Hall–Kier alpha value is -4.99. The summed E-state index contributed by atoms with van der Waals surface area (Å²) in [6.07, 6.45) is 6.91. The minimum absolute atomic E-state index is 0.0484. The van der Waals surface area contributed by atoms with E-state index in [4.69, 9.17) is 14.2 Å². The average molecular weight is 629 g/mol. The van der Waals surface area contributed by atoms with Gasteiger partial charge in [0.15, 0.2) is 0 Å². The first-order valence-electron chi connectivity index (χ1n) is 15.1. The highest BCUT2D eigenvalue weighted by Crippen LogP contribution is 2.62. The highest BCUT2D eigenvalue weighted by Gasteiger charge is 2.59. The van der Waals surface area contributed by atoms with Gasteiger partial charge in [-0.2, -0.15) is 0 Å². The van der Waals surface area contributed by atoms with Crippen LogP contribution < -0.4 is 0 Å². The maximum atomic E-state index is 13.5. The first kappa shape index (κ1) is 32.4. The molecule has 10 nitrogen and oxygen atoms in total. The van der Waals surface area contributed by atoms with Crippen LogP contribution in [0.25, 0.3) is 0 Å². The van der Waals surface area contributed by atoms with Crippen molar-refractivity contribution in [2.45, 2.75) is 52.1 Å². The Morgan fingerprint density at radius 3 is 2.09 bits per heavy atom. The number of carboxylic acids is 2. The lowest BCUT2D eigenvalue weighted by molar-refractivity contribution is -0.154. The zero-order chi connectivity index (χ0) is 33.2. The molecule has 240 valence electrons. The second-order valence-corrected chi connectivity index (χ2v) is 12.6. The summed E-state index contributed by atoms with van der Waals surface area (Å²) in [7, 11) is 0. The number of rotatable bonds is 9. The van der Waals surface area contributed by atoms with Gasteiger partial charge in [-0.25, -0.2) is 24.0 Å². The van der Waals surface area contributed by atoms with E-state index >= 15 is 0 Å². The predicted octanol–water partition coefficient (Wildman–Crippen LogP) is 6.24. The highest BCUT2D eigenvalue weighted by molar-refractivity contribution is 6.03. The third-order valence-electron chi connectivity index (χ3n) is 10.1. The molecular weight excluding hydrogens is 592 g/mol. The minimum atomic E-state index is -1.27. The van der Waals surface area contributed by atoms with Crippen molar-refractivity contribution in [3.8, 4) is 0 Å². The molecule has 1 heterocycles. The third-order valence-corrected chi connectivity index (χ3v) is 10.1. The Balaban J connectivity index is 1.49. The van der Waals surface area contributed by atoms with E-state index in [0.29, 0.717) is 37.7 Å². The number of carboxylic acid groups (broad SMARTS) is 2. The number of fused-ring (bicyclic) bond motifs is 1. The second-order valence-electron chi connectivity index (χ2n) is 12.6. The second kappa shape index (κ2) is 12.8. The Morgan fingerprint density at radius 2 is 1.52 bits per heavy atom. The van der Waals surface area contributed by atoms with Crippen LogP contribution in [0, 0.1) is 22.7 Å². The molecule has 0 radical (unpaired) electrons. The number of esters is 3. The lowest BCUT2D eigenvalue weighted by Crippen LogP contribution is -2.58. The fourth-order valence-corrected chi connectivity index (χ4v) is 7.68. The number of hydrogen-bond donors (Lipinski definition) is 2. The van der Waals surface area contributed by atoms with Crippen LogP contribution in [0.1, 0.15) is 87.4 Å². The van der Waals surface area contributed by atoms with Crippen molar-refractivity contribution < 1.29 is 48.4 Å². The van der Waals surface area contributed by atoms with Gasteiger partial charge in [0.25, 0.3) is 0 Å². The van der Waals surface area contributed by atoms with E-state index in [9.17, 15) is 34.2 Å². The van der Waals surface area contributed by atoms with Crippen molar-refractivity contribution >= 4 is 29.8 Å². The molecule has 2 saturated carbocycles. The molecule has 0 amide bonds. The molecule has 0 bridgehead atoms. The number of cyclic esters (lactones) is 1. The number of ether oxygens (including phenoxy) is 3. The van der Waals surface area contributed by atoms with Gasteiger partial charge in [-0.3, -0.25) is 0 Å². The van der Waals surface area contributed by atoms with Gasteiger partial charge in [0.2, 0.25) is 0 Å². The zero-order valence-electron chi connectivity index (χ0n) is 25.7. The maximum Gasteiger partial charge on any atom is 0.342 e. The summed E-state index contributed by atoms with van der Waals surface area (Å²) in [5, 5.41) is 19.3. The number of carbonyl (C=O) groups is 5. The van der Waals surface area contributed by atoms with Gasteiger partial charge in [0.1, 0.15) is 12.7 Å². The van der Waals surface area contributed by atoms with Gasteiger partial charge in [0.05, 0.1) is 34.1 Å². The molecule has 2 aromatic rings. The Kier molecular flexibility index (Phi) is 9.01. The van der Waals surface area contributed by atoms with E-state index in [1.807, 2.05) is 13.0 Å². The molecule has 5 rings (SSSR count). The molecule has 46 heavy (non-hydrogen) atoms. The van der Waals surface area contributed by atoms with Crippen molar-refractivity contribution in [3.05, 3.63) is 107 Å². The monoisotopic (exact) mass is 628 g/mol. The van der Waals surface area contributed by atoms with Gasteiger partial charge in [0, 0.05) is 5.41 Å². The molecule has 2 fully saturated rings. The molecule has 1 aliphatic heterocycles. The molecule has 0 unspecified atom stereocenters. The molecule has 2 N–H and O–H groups in total. The highest BCUT2D eigenvalue weighted by atomic mass is 16.6. The van der Waals surface area contributed by atoms with Gasteiger partial charge in [-0.1, -0.05) is 56.3 Å². The van der Waals surface area contributed by atoms with Gasteiger partial charge in [-0.05, 0) is 79.7 Å². The summed E-state index contributed by atoms with van der Waals surface area (Å²) in [5.41, 5.74) is -0.420.